The standard InChI is InChI=1S/C14H26N2O3/c1-4-9(3)12(14(18)19)16-13(17)11-8-10(5-2)6-7-15-11/h9-12,15H,4-8H2,1-3H3,(H,16,17)(H,18,19)/t9?,10?,11?,12-/m0/s1. The summed E-state index contributed by atoms with van der Waals surface area (Å²) >= 11 is 0. The average molecular weight is 270 g/mol. The molecule has 0 radical (unpaired) electrons. The van der Waals surface area contributed by atoms with E-state index in [4.69, 9.17) is 0 Å². The first kappa shape index (κ1) is 16.0. The molecular weight excluding hydrogens is 244 g/mol. The summed E-state index contributed by atoms with van der Waals surface area (Å²) in [5.41, 5.74) is 0. The van der Waals surface area contributed by atoms with E-state index in [1.54, 1.807) is 0 Å². The SMILES string of the molecule is CCC1CCNC(C(=O)N[C@H](C(=O)O)C(C)CC)C1. The van der Waals surface area contributed by atoms with E-state index in [9.17, 15) is 14.7 Å². The predicted octanol–water partition coefficient (Wildman–Crippen LogP) is 1.38. The summed E-state index contributed by atoms with van der Waals surface area (Å²) in [5.74, 6) is -0.632. The summed E-state index contributed by atoms with van der Waals surface area (Å²) in [5, 5.41) is 15.0. The Kier molecular flexibility index (Phi) is 6.28. The number of hydrogen-bond acceptors (Lipinski definition) is 3. The van der Waals surface area contributed by atoms with Crippen LogP contribution < -0.4 is 10.6 Å². The van der Waals surface area contributed by atoms with Crippen LogP contribution in [-0.2, 0) is 9.59 Å². The quantitative estimate of drug-likeness (QED) is 0.681. The highest BCUT2D eigenvalue weighted by Gasteiger charge is 2.31. The molecule has 4 atom stereocenters. The molecule has 1 fully saturated rings. The van der Waals surface area contributed by atoms with E-state index in [0.717, 1.165) is 32.2 Å². The van der Waals surface area contributed by atoms with Crippen LogP contribution in [0, 0.1) is 11.8 Å². The van der Waals surface area contributed by atoms with E-state index in [1.165, 1.54) is 0 Å². The zero-order chi connectivity index (χ0) is 14.4. The lowest BCUT2D eigenvalue weighted by Gasteiger charge is -2.30. The first-order valence-corrected chi connectivity index (χ1v) is 7.26. The molecule has 3 N–H and O–H groups in total. The molecule has 110 valence electrons. The molecule has 0 aromatic rings. The first-order chi connectivity index (χ1) is 8.99. The van der Waals surface area contributed by atoms with Crippen molar-refractivity contribution in [2.45, 2.75) is 58.5 Å². The van der Waals surface area contributed by atoms with Gasteiger partial charge in [0.1, 0.15) is 6.04 Å². The molecule has 0 spiro atoms. The number of hydrogen-bond donors (Lipinski definition) is 3. The van der Waals surface area contributed by atoms with Crippen LogP contribution in [0.15, 0.2) is 0 Å². The second-order valence-corrected chi connectivity index (χ2v) is 5.52. The molecule has 1 aliphatic rings. The number of carboxylic acid groups (broad SMARTS) is 1. The second kappa shape index (κ2) is 7.48. The average Bonchev–Trinajstić information content (AvgIpc) is 2.43. The maximum Gasteiger partial charge on any atom is 0.326 e. The molecule has 0 aliphatic carbocycles. The first-order valence-electron chi connectivity index (χ1n) is 7.26. The van der Waals surface area contributed by atoms with Crippen molar-refractivity contribution in [3.05, 3.63) is 0 Å². The Morgan fingerprint density at radius 2 is 2.11 bits per heavy atom. The van der Waals surface area contributed by atoms with Gasteiger partial charge in [-0.05, 0) is 31.2 Å². The van der Waals surface area contributed by atoms with E-state index < -0.39 is 12.0 Å². The van der Waals surface area contributed by atoms with Gasteiger partial charge in [0.25, 0.3) is 0 Å². The van der Waals surface area contributed by atoms with E-state index in [2.05, 4.69) is 17.6 Å². The number of aliphatic carboxylic acids is 1. The van der Waals surface area contributed by atoms with Crippen LogP contribution >= 0.6 is 0 Å². The Hall–Kier alpha value is -1.10. The smallest absolute Gasteiger partial charge is 0.326 e. The van der Waals surface area contributed by atoms with E-state index in [-0.39, 0.29) is 17.9 Å². The van der Waals surface area contributed by atoms with Gasteiger partial charge in [-0.3, -0.25) is 4.79 Å². The van der Waals surface area contributed by atoms with Crippen LogP contribution in [-0.4, -0.2) is 35.6 Å². The summed E-state index contributed by atoms with van der Waals surface area (Å²) in [7, 11) is 0. The zero-order valence-corrected chi connectivity index (χ0v) is 12.1. The van der Waals surface area contributed by atoms with Crippen LogP contribution in [0.2, 0.25) is 0 Å². The zero-order valence-electron chi connectivity index (χ0n) is 12.1. The van der Waals surface area contributed by atoms with Crippen molar-refractivity contribution in [3.63, 3.8) is 0 Å². The second-order valence-electron chi connectivity index (χ2n) is 5.52. The molecule has 19 heavy (non-hydrogen) atoms. The molecule has 3 unspecified atom stereocenters. The van der Waals surface area contributed by atoms with Crippen LogP contribution in [0.1, 0.15) is 46.5 Å². The van der Waals surface area contributed by atoms with E-state index in [1.807, 2.05) is 13.8 Å². The number of piperidine rings is 1. The topological polar surface area (TPSA) is 78.4 Å². The molecule has 1 heterocycles. The molecular formula is C14H26N2O3. The normalized spacial score (nSPS) is 26.5. The molecule has 5 nitrogen and oxygen atoms in total. The lowest BCUT2D eigenvalue weighted by Crippen LogP contribution is -2.54. The molecule has 1 saturated heterocycles. The van der Waals surface area contributed by atoms with Crippen molar-refractivity contribution in [1.82, 2.24) is 10.6 Å². The van der Waals surface area contributed by atoms with Gasteiger partial charge in [0.05, 0.1) is 6.04 Å². The Morgan fingerprint density at radius 3 is 2.63 bits per heavy atom. The third kappa shape index (κ3) is 4.49. The maximum absolute atomic E-state index is 12.2. The van der Waals surface area contributed by atoms with Crippen LogP contribution in [0.5, 0.6) is 0 Å². The summed E-state index contributed by atoms with van der Waals surface area (Å²) in [6.45, 7) is 6.74. The fourth-order valence-corrected chi connectivity index (χ4v) is 2.50. The summed E-state index contributed by atoms with van der Waals surface area (Å²) in [6.07, 6.45) is 3.69. The van der Waals surface area contributed by atoms with Gasteiger partial charge in [0, 0.05) is 0 Å². The number of carboxylic acids is 1. The number of nitrogens with one attached hydrogen (secondary N) is 2. The third-order valence-corrected chi connectivity index (χ3v) is 4.18. The number of carbonyl (C=O) groups is 2. The molecule has 0 bridgehead atoms. The third-order valence-electron chi connectivity index (χ3n) is 4.18. The van der Waals surface area contributed by atoms with Crippen LogP contribution in [0.25, 0.3) is 0 Å². The minimum Gasteiger partial charge on any atom is -0.480 e. The van der Waals surface area contributed by atoms with Crippen LogP contribution in [0.3, 0.4) is 0 Å². The van der Waals surface area contributed by atoms with Gasteiger partial charge in [-0.1, -0.05) is 33.6 Å². The molecule has 0 saturated carbocycles. The van der Waals surface area contributed by atoms with Gasteiger partial charge in [-0.25, -0.2) is 4.79 Å². The minimum absolute atomic E-state index is 0.0630. The lowest BCUT2D eigenvalue weighted by atomic mass is 9.89. The number of amides is 1. The Bertz CT molecular complexity index is 320. The molecule has 1 amide bonds. The van der Waals surface area contributed by atoms with Crippen molar-refractivity contribution in [2.24, 2.45) is 11.8 Å². The number of rotatable bonds is 6. The van der Waals surface area contributed by atoms with Gasteiger partial charge < -0.3 is 15.7 Å². The lowest BCUT2D eigenvalue weighted by molar-refractivity contribution is -0.143. The van der Waals surface area contributed by atoms with Crippen molar-refractivity contribution in [3.8, 4) is 0 Å². The highest BCUT2D eigenvalue weighted by molar-refractivity contribution is 5.87. The molecule has 0 aromatic carbocycles. The van der Waals surface area contributed by atoms with Crippen LogP contribution in [0.4, 0.5) is 0 Å². The van der Waals surface area contributed by atoms with Crippen molar-refractivity contribution in [1.29, 1.82) is 0 Å². The van der Waals surface area contributed by atoms with Gasteiger partial charge >= 0.3 is 5.97 Å². The van der Waals surface area contributed by atoms with Gasteiger partial charge in [-0.2, -0.15) is 0 Å². The van der Waals surface area contributed by atoms with Crippen molar-refractivity contribution in [2.75, 3.05) is 6.54 Å². The van der Waals surface area contributed by atoms with Gasteiger partial charge in [0.2, 0.25) is 5.91 Å². The Labute approximate surface area is 115 Å². The molecule has 5 heteroatoms. The molecule has 1 rings (SSSR count). The summed E-state index contributed by atoms with van der Waals surface area (Å²) < 4.78 is 0. The minimum atomic E-state index is -0.953. The van der Waals surface area contributed by atoms with Gasteiger partial charge in [-0.15, -0.1) is 0 Å². The number of carbonyl (C=O) groups excluding carboxylic acids is 1. The monoisotopic (exact) mass is 270 g/mol. The fraction of sp³-hybridized carbons (Fsp3) is 0.857. The molecule has 1 aliphatic heterocycles. The highest BCUT2D eigenvalue weighted by atomic mass is 16.4. The Balaban J connectivity index is 2.58. The van der Waals surface area contributed by atoms with E-state index >= 15 is 0 Å². The fourth-order valence-electron chi connectivity index (χ4n) is 2.50. The van der Waals surface area contributed by atoms with Crippen molar-refractivity contribution >= 4 is 11.9 Å². The van der Waals surface area contributed by atoms with Gasteiger partial charge in [0.15, 0.2) is 0 Å². The summed E-state index contributed by atoms with van der Waals surface area (Å²) in [6, 6.07) is -1.04. The van der Waals surface area contributed by atoms with E-state index in [0.29, 0.717) is 5.92 Å². The maximum atomic E-state index is 12.2. The summed E-state index contributed by atoms with van der Waals surface area (Å²) in [4.78, 5) is 23.4. The predicted molar refractivity (Wildman–Crippen MR) is 73.8 cm³/mol. The van der Waals surface area contributed by atoms with Crippen molar-refractivity contribution < 1.29 is 14.7 Å². The molecule has 0 aromatic heterocycles. The largest absolute Gasteiger partial charge is 0.480 e. The Morgan fingerprint density at radius 1 is 1.42 bits per heavy atom. The highest BCUT2D eigenvalue weighted by Crippen LogP contribution is 2.19.